The third kappa shape index (κ3) is 4.19. The summed E-state index contributed by atoms with van der Waals surface area (Å²) in [5, 5.41) is 13.2. The molecule has 0 saturated heterocycles. The lowest BCUT2D eigenvalue weighted by Crippen LogP contribution is -2.31. The number of amides is 1. The molecule has 0 bridgehead atoms. The normalized spacial score (nSPS) is 11.5. The van der Waals surface area contributed by atoms with Gasteiger partial charge in [0.05, 0.1) is 6.10 Å². The van der Waals surface area contributed by atoms with Crippen LogP contribution in [0.4, 0.5) is 0 Å². The Kier molecular flexibility index (Phi) is 5.70. The molecular weight excluding hydrogens is 238 g/mol. The average molecular weight is 253 g/mol. The van der Waals surface area contributed by atoms with E-state index in [-0.39, 0.29) is 18.6 Å². The Morgan fingerprint density at radius 2 is 2.47 bits per heavy atom. The van der Waals surface area contributed by atoms with Crippen LogP contribution in [-0.2, 0) is 4.74 Å². The second-order valence-electron chi connectivity index (χ2n) is 3.38. The van der Waals surface area contributed by atoms with Gasteiger partial charge in [-0.3, -0.25) is 4.79 Å². The summed E-state index contributed by atoms with van der Waals surface area (Å²) in [6.45, 7) is 2.12. The van der Waals surface area contributed by atoms with Gasteiger partial charge in [-0.1, -0.05) is 11.8 Å². The fraction of sp³-hybridized carbons (Fsp3) is 0.417. The van der Waals surface area contributed by atoms with Crippen LogP contribution < -0.4 is 5.32 Å². The van der Waals surface area contributed by atoms with Crippen LogP contribution in [0.3, 0.4) is 0 Å². The molecule has 0 aliphatic rings. The average Bonchev–Trinajstić information content (AvgIpc) is 2.81. The number of methoxy groups -OCH3 is 1. The van der Waals surface area contributed by atoms with Crippen molar-refractivity contribution in [1.82, 2.24) is 5.32 Å². The van der Waals surface area contributed by atoms with E-state index in [2.05, 4.69) is 17.2 Å². The quantitative estimate of drug-likeness (QED) is 0.782. The maximum absolute atomic E-state index is 11.8. The molecule has 17 heavy (non-hydrogen) atoms. The standard InChI is InChI=1S/C12H15NO3S/c1-9(16-2)8-13-12(15)11-10(4-3-6-14)5-7-17-11/h5,7,9,14H,6,8H2,1-2H3,(H,13,15). The number of thiophene rings is 1. The van der Waals surface area contributed by atoms with Crippen molar-refractivity contribution in [3.63, 3.8) is 0 Å². The highest BCUT2D eigenvalue weighted by molar-refractivity contribution is 7.12. The van der Waals surface area contributed by atoms with Crippen molar-refractivity contribution >= 4 is 17.2 Å². The zero-order chi connectivity index (χ0) is 12.7. The van der Waals surface area contributed by atoms with E-state index in [9.17, 15) is 4.79 Å². The molecule has 0 saturated carbocycles. The first kappa shape index (κ1) is 13.7. The predicted molar refractivity (Wildman–Crippen MR) is 67.1 cm³/mol. The first-order valence-corrected chi connectivity index (χ1v) is 6.05. The van der Waals surface area contributed by atoms with Gasteiger partial charge in [-0.25, -0.2) is 0 Å². The van der Waals surface area contributed by atoms with Crippen LogP contribution in [0.5, 0.6) is 0 Å². The summed E-state index contributed by atoms with van der Waals surface area (Å²) in [6, 6.07) is 1.77. The molecule has 1 amide bonds. The van der Waals surface area contributed by atoms with E-state index in [0.29, 0.717) is 17.0 Å². The summed E-state index contributed by atoms with van der Waals surface area (Å²) >= 11 is 1.33. The van der Waals surface area contributed by atoms with Crippen molar-refractivity contribution in [3.05, 3.63) is 21.9 Å². The molecule has 1 atom stereocenters. The minimum absolute atomic E-state index is 0.0223. The summed E-state index contributed by atoms with van der Waals surface area (Å²) in [5.74, 6) is 5.11. The van der Waals surface area contributed by atoms with Gasteiger partial charge in [-0.05, 0) is 18.4 Å². The van der Waals surface area contributed by atoms with Gasteiger partial charge in [-0.15, -0.1) is 11.3 Å². The fourth-order valence-corrected chi connectivity index (χ4v) is 1.88. The van der Waals surface area contributed by atoms with Crippen LogP contribution in [0.1, 0.15) is 22.2 Å². The molecule has 5 heteroatoms. The molecule has 92 valence electrons. The number of carbonyl (C=O) groups excluding carboxylic acids is 1. The fourth-order valence-electron chi connectivity index (χ4n) is 1.12. The first-order valence-electron chi connectivity index (χ1n) is 5.17. The lowest BCUT2D eigenvalue weighted by Gasteiger charge is -2.10. The SMILES string of the molecule is COC(C)CNC(=O)c1sccc1C#CCO. The highest BCUT2D eigenvalue weighted by atomic mass is 32.1. The molecule has 1 aromatic heterocycles. The van der Waals surface area contributed by atoms with Crippen LogP contribution in [0.15, 0.2) is 11.4 Å². The Hall–Kier alpha value is -1.35. The Balaban J connectivity index is 2.66. The molecule has 0 aliphatic heterocycles. The molecule has 0 aromatic carbocycles. The van der Waals surface area contributed by atoms with Gasteiger partial charge in [0.1, 0.15) is 11.5 Å². The number of ether oxygens (including phenoxy) is 1. The van der Waals surface area contributed by atoms with Gasteiger partial charge in [0, 0.05) is 19.2 Å². The van der Waals surface area contributed by atoms with Gasteiger partial charge < -0.3 is 15.2 Å². The van der Waals surface area contributed by atoms with Gasteiger partial charge in [0.2, 0.25) is 0 Å². The Labute approximate surface area is 105 Å². The molecule has 1 rings (SSSR count). The van der Waals surface area contributed by atoms with Gasteiger partial charge in [0.25, 0.3) is 5.91 Å². The zero-order valence-corrected chi connectivity index (χ0v) is 10.6. The van der Waals surface area contributed by atoms with Crippen molar-refractivity contribution in [3.8, 4) is 11.8 Å². The van der Waals surface area contributed by atoms with Gasteiger partial charge >= 0.3 is 0 Å². The number of nitrogens with one attached hydrogen (secondary N) is 1. The molecule has 0 fully saturated rings. The predicted octanol–water partition coefficient (Wildman–Crippen LogP) is 0.857. The summed E-state index contributed by atoms with van der Waals surface area (Å²) in [6.07, 6.45) is -0.0223. The van der Waals surface area contributed by atoms with Crippen LogP contribution in [0.2, 0.25) is 0 Å². The van der Waals surface area contributed by atoms with E-state index in [4.69, 9.17) is 9.84 Å². The largest absolute Gasteiger partial charge is 0.384 e. The van der Waals surface area contributed by atoms with Crippen molar-refractivity contribution in [2.75, 3.05) is 20.3 Å². The summed E-state index contributed by atoms with van der Waals surface area (Å²) < 4.78 is 5.04. The first-order chi connectivity index (χ1) is 8.19. The highest BCUT2D eigenvalue weighted by Gasteiger charge is 2.12. The molecule has 1 heterocycles. The topological polar surface area (TPSA) is 58.6 Å². The number of rotatable bonds is 4. The Morgan fingerprint density at radius 3 is 3.12 bits per heavy atom. The van der Waals surface area contributed by atoms with Crippen molar-refractivity contribution < 1.29 is 14.6 Å². The second kappa shape index (κ2) is 7.07. The van der Waals surface area contributed by atoms with E-state index >= 15 is 0 Å². The number of carbonyl (C=O) groups is 1. The Morgan fingerprint density at radius 1 is 1.71 bits per heavy atom. The van der Waals surface area contributed by atoms with Crippen LogP contribution in [0, 0.1) is 11.8 Å². The molecule has 0 spiro atoms. The molecule has 2 N–H and O–H groups in total. The van der Waals surface area contributed by atoms with Crippen LogP contribution >= 0.6 is 11.3 Å². The van der Waals surface area contributed by atoms with Crippen LogP contribution in [-0.4, -0.2) is 37.4 Å². The molecule has 1 aromatic rings. The summed E-state index contributed by atoms with van der Waals surface area (Å²) in [7, 11) is 1.60. The Bertz CT molecular complexity index is 430. The van der Waals surface area contributed by atoms with E-state index in [1.54, 1.807) is 18.6 Å². The maximum atomic E-state index is 11.8. The third-order valence-corrected chi connectivity index (χ3v) is 3.04. The van der Waals surface area contributed by atoms with Crippen molar-refractivity contribution in [2.24, 2.45) is 0 Å². The van der Waals surface area contributed by atoms with E-state index < -0.39 is 0 Å². The highest BCUT2D eigenvalue weighted by Crippen LogP contribution is 2.15. The van der Waals surface area contributed by atoms with Crippen molar-refractivity contribution in [2.45, 2.75) is 13.0 Å². The second-order valence-corrected chi connectivity index (χ2v) is 4.30. The third-order valence-electron chi connectivity index (χ3n) is 2.13. The van der Waals surface area contributed by atoms with Gasteiger partial charge in [0.15, 0.2) is 0 Å². The van der Waals surface area contributed by atoms with E-state index in [1.807, 2.05) is 6.92 Å². The smallest absolute Gasteiger partial charge is 0.262 e. The molecule has 1 unspecified atom stereocenters. The minimum atomic E-state index is -0.211. The number of aliphatic hydroxyl groups excluding tert-OH is 1. The van der Waals surface area contributed by atoms with Gasteiger partial charge in [-0.2, -0.15) is 0 Å². The molecule has 0 radical (unpaired) electrons. The molecule has 0 aliphatic carbocycles. The lowest BCUT2D eigenvalue weighted by molar-refractivity contribution is 0.0874. The summed E-state index contributed by atoms with van der Waals surface area (Å²) in [4.78, 5) is 12.4. The lowest BCUT2D eigenvalue weighted by atomic mass is 10.2. The van der Waals surface area contributed by atoms with E-state index in [1.165, 1.54) is 11.3 Å². The summed E-state index contributed by atoms with van der Waals surface area (Å²) in [5.41, 5.74) is 0.645. The number of aliphatic hydroxyl groups is 1. The van der Waals surface area contributed by atoms with Crippen molar-refractivity contribution in [1.29, 1.82) is 0 Å². The molecule has 4 nitrogen and oxygen atoms in total. The number of hydrogen-bond acceptors (Lipinski definition) is 4. The minimum Gasteiger partial charge on any atom is -0.384 e. The monoisotopic (exact) mass is 253 g/mol. The maximum Gasteiger partial charge on any atom is 0.262 e. The molecular formula is C12H15NO3S. The zero-order valence-electron chi connectivity index (χ0n) is 9.82. The van der Waals surface area contributed by atoms with Crippen LogP contribution in [0.25, 0.3) is 0 Å². The van der Waals surface area contributed by atoms with E-state index in [0.717, 1.165) is 0 Å². The number of hydrogen-bond donors (Lipinski definition) is 2.